The van der Waals surface area contributed by atoms with Gasteiger partial charge in [-0.2, -0.15) is 0 Å². The van der Waals surface area contributed by atoms with Gasteiger partial charge in [0.25, 0.3) is 0 Å². The predicted molar refractivity (Wildman–Crippen MR) is 73.2 cm³/mol. The second-order valence-electron chi connectivity index (χ2n) is 5.38. The summed E-state index contributed by atoms with van der Waals surface area (Å²) < 4.78 is 5.68. The number of fused-ring (bicyclic) bond motifs is 1. The maximum absolute atomic E-state index is 12.0. The molecular weight excluding hydrogens is 240 g/mol. The van der Waals surface area contributed by atoms with E-state index in [0.717, 1.165) is 25.1 Å². The molecule has 2 N–H and O–H groups in total. The predicted octanol–water partition coefficient (Wildman–Crippen LogP) is 1.25. The molecule has 4 nitrogen and oxygen atoms in total. The highest BCUT2D eigenvalue weighted by Crippen LogP contribution is 2.23. The van der Waals surface area contributed by atoms with E-state index in [1.807, 2.05) is 18.2 Å². The lowest BCUT2D eigenvalue weighted by molar-refractivity contribution is -0.122. The molecule has 1 saturated heterocycles. The van der Waals surface area contributed by atoms with Crippen molar-refractivity contribution in [1.82, 2.24) is 10.6 Å². The van der Waals surface area contributed by atoms with Crippen LogP contribution in [0.15, 0.2) is 24.3 Å². The lowest BCUT2D eigenvalue weighted by Gasteiger charge is -2.26. The van der Waals surface area contributed by atoms with Crippen LogP contribution < -0.4 is 15.4 Å². The molecule has 0 aromatic heterocycles. The molecule has 0 aliphatic carbocycles. The van der Waals surface area contributed by atoms with Crippen molar-refractivity contribution < 1.29 is 9.53 Å². The quantitative estimate of drug-likeness (QED) is 0.860. The van der Waals surface area contributed by atoms with Crippen LogP contribution >= 0.6 is 0 Å². The lowest BCUT2D eigenvalue weighted by Crippen LogP contribution is -2.44. The standard InChI is InChI=1S/C15H20N2O2/c18-15(9-12-5-3-7-16-12)17-13-8-11-4-1-2-6-14(11)19-10-13/h1-2,4,6,12-13,16H,3,5,7-10H2,(H,17,18). The average molecular weight is 260 g/mol. The van der Waals surface area contributed by atoms with Crippen molar-refractivity contribution in [3.05, 3.63) is 29.8 Å². The molecule has 19 heavy (non-hydrogen) atoms. The van der Waals surface area contributed by atoms with Crippen LogP contribution in [-0.4, -0.2) is 31.1 Å². The van der Waals surface area contributed by atoms with E-state index in [1.165, 1.54) is 12.0 Å². The zero-order valence-corrected chi connectivity index (χ0v) is 11.0. The summed E-state index contributed by atoms with van der Waals surface area (Å²) in [5.74, 6) is 1.08. The summed E-state index contributed by atoms with van der Waals surface area (Å²) in [6, 6.07) is 8.49. The van der Waals surface area contributed by atoms with Crippen LogP contribution in [-0.2, 0) is 11.2 Å². The van der Waals surface area contributed by atoms with Gasteiger partial charge >= 0.3 is 0 Å². The molecule has 0 bridgehead atoms. The third kappa shape index (κ3) is 3.07. The Hall–Kier alpha value is -1.55. The van der Waals surface area contributed by atoms with E-state index < -0.39 is 0 Å². The molecule has 1 aromatic carbocycles. The van der Waals surface area contributed by atoms with E-state index >= 15 is 0 Å². The van der Waals surface area contributed by atoms with E-state index in [-0.39, 0.29) is 11.9 Å². The Kier molecular flexibility index (Phi) is 3.69. The number of hydrogen-bond acceptors (Lipinski definition) is 3. The number of benzene rings is 1. The van der Waals surface area contributed by atoms with Crippen molar-refractivity contribution in [2.75, 3.05) is 13.2 Å². The van der Waals surface area contributed by atoms with Crippen molar-refractivity contribution in [3.8, 4) is 5.75 Å². The Bertz CT molecular complexity index is 455. The number of rotatable bonds is 3. The molecule has 4 heteroatoms. The molecule has 1 aromatic rings. The van der Waals surface area contributed by atoms with Gasteiger partial charge in [-0.05, 0) is 37.4 Å². The Balaban J connectivity index is 1.52. The summed E-state index contributed by atoms with van der Waals surface area (Å²) in [5, 5.41) is 6.43. The van der Waals surface area contributed by atoms with Crippen LogP contribution in [0.3, 0.4) is 0 Å². The minimum Gasteiger partial charge on any atom is -0.491 e. The van der Waals surface area contributed by atoms with Crippen molar-refractivity contribution in [2.24, 2.45) is 0 Å². The summed E-state index contributed by atoms with van der Waals surface area (Å²) >= 11 is 0. The minimum absolute atomic E-state index is 0.101. The maximum atomic E-state index is 12.0. The number of hydrogen-bond donors (Lipinski definition) is 2. The van der Waals surface area contributed by atoms with E-state index in [2.05, 4.69) is 16.7 Å². The number of para-hydroxylation sites is 1. The molecule has 2 atom stereocenters. The van der Waals surface area contributed by atoms with Crippen molar-refractivity contribution >= 4 is 5.91 Å². The average Bonchev–Trinajstić information content (AvgIpc) is 2.91. The van der Waals surface area contributed by atoms with Crippen LogP contribution in [0.5, 0.6) is 5.75 Å². The summed E-state index contributed by atoms with van der Waals surface area (Å²) in [4.78, 5) is 12.0. The van der Waals surface area contributed by atoms with Gasteiger partial charge in [-0.25, -0.2) is 0 Å². The summed E-state index contributed by atoms with van der Waals surface area (Å²) in [5.41, 5.74) is 1.18. The summed E-state index contributed by atoms with van der Waals surface area (Å²) in [6.07, 6.45) is 3.73. The zero-order valence-electron chi connectivity index (χ0n) is 11.0. The second-order valence-corrected chi connectivity index (χ2v) is 5.38. The molecule has 0 spiro atoms. The maximum Gasteiger partial charge on any atom is 0.221 e. The fraction of sp³-hybridized carbons (Fsp3) is 0.533. The number of nitrogens with one attached hydrogen (secondary N) is 2. The van der Waals surface area contributed by atoms with Crippen LogP contribution in [0.1, 0.15) is 24.8 Å². The molecule has 0 saturated carbocycles. The fourth-order valence-electron chi connectivity index (χ4n) is 2.86. The summed E-state index contributed by atoms with van der Waals surface area (Å²) in [7, 11) is 0. The van der Waals surface area contributed by atoms with Gasteiger partial charge < -0.3 is 15.4 Å². The van der Waals surface area contributed by atoms with Crippen molar-refractivity contribution in [1.29, 1.82) is 0 Å². The first-order chi connectivity index (χ1) is 9.31. The molecule has 2 aliphatic heterocycles. The van der Waals surface area contributed by atoms with Gasteiger partial charge in [0.1, 0.15) is 12.4 Å². The summed E-state index contributed by atoms with van der Waals surface area (Å²) in [6.45, 7) is 1.61. The number of carbonyl (C=O) groups is 1. The molecule has 102 valence electrons. The van der Waals surface area contributed by atoms with Gasteiger partial charge in [0.2, 0.25) is 5.91 Å². The highest BCUT2D eigenvalue weighted by Gasteiger charge is 2.23. The number of ether oxygens (including phenoxy) is 1. The molecule has 2 unspecified atom stereocenters. The van der Waals surface area contributed by atoms with E-state index in [0.29, 0.717) is 19.1 Å². The molecule has 1 amide bonds. The van der Waals surface area contributed by atoms with Gasteiger partial charge in [0, 0.05) is 12.5 Å². The Labute approximate surface area is 113 Å². The monoisotopic (exact) mass is 260 g/mol. The van der Waals surface area contributed by atoms with Crippen LogP contribution in [0.2, 0.25) is 0 Å². The first-order valence-corrected chi connectivity index (χ1v) is 7.05. The van der Waals surface area contributed by atoms with Crippen LogP contribution in [0.4, 0.5) is 0 Å². The van der Waals surface area contributed by atoms with Crippen molar-refractivity contribution in [2.45, 2.75) is 37.8 Å². The molecule has 3 rings (SSSR count). The molecule has 2 aliphatic rings. The molecule has 0 radical (unpaired) electrons. The van der Waals surface area contributed by atoms with Crippen molar-refractivity contribution in [3.63, 3.8) is 0 Å². The third-order valence-corrected chi connectivity index (χ3v) is 3.84. The minimum atomic E-state index is 0.101. The SMILES string of the molecule is O=C(CC1CCCN1)NC1COc2ccccc2C1. The molecule has 1 fully saturated rings. The van der Waals surface area contributed by atoms with Gasteiger partial charge in [-0.15, -0.1) is 0 Å². The first kappa shape index (κ1) is 12.5. The van der Waals surface area contributed by atoms with Gasteiger partial charge in [0.15, 0.2) is 0 Å². The van der Waals surface area contributed by atoms with E-state index in [4.69, 9.17) is 4.74 Å². The zero-order chi connectivity index (χ0) is 13.1. The van der Waals surface area contributed by atoms with Gasteiger partial charge in [0.05, 0.1) is 6.04 Å². The Morgan fingerprint density at radius 3 is 3.16 bits per heavy atom. The number of amides is 1. The normalized spacial score (nSPS) is 25.5. The first-order valence-electron chi connectivity index (χ1n) is 7.05. The van der Waals surface area contributed by atoms with Crippen LogP contribution in [0, 0.1) is 0 Å². The Morgan fingerprint density at radius 2 is 2.32 bits per heavy atom. The molecular formula is C15H20N2O2. The largest absolute Gasteiger partial charge is 0.491 e. The van der Waals surface area contributed by atoms with E-state index in [1.54, 1.807) is 0 Å². The topological polar surface area (TPSA) is 50.4 Å². The van der Waals surface area contributed by atoms with Gasteiger partial charge in [-0.1, -0.05) is 18.2 Å². The highest BCUT2D eigenvalue weighted by molar-refractivity contribution is 5.77. The second kappa shape index (κ2) is 5.61. The fourth-order valence-corrected chi connectivity index (χ4v) is 2.86. The lowest BCUT2D eigenvalue weighted by atomic mass is 10.0. The smallest absolute Gasteiger partial charge is 0.221 e. The Morgan fingerprint density at radius 1 is 1.42 bits per heavy atom. The third-order valence-electron chi connectivity index (χ3n) is 3.84. The number of carbonyl (C=O) groups excluding carboxylic acids is 1. The molecule has 2 heterocycles. The van der Waals surface area contributed by atoms with Crippen LogP contribution in [0.25, 0.3) is 0 Å². The highest BCUT2D eigenvalue weighted by atomic mass is 16.5. The van der Waals surface area contributed by atoms with E-state index in [9.17, 15) is 4.79 Å². The van der Waals surface area contributed by atoms with Gasteiger partial charge in [-0.3, -0.25) is 4.79 Å².